The minimum atomic E-state index is 0.792. The van der Waals surface area contributed by atoms with Crippen LogP contribution in [0.3, 0.4) is 0 Å². The van der Waals surface area contributed by atoms with E-state index in [0.717, 1.165) is 23.4 Å². The SMILES string of the molecule is CCCCCCCCCCCCNc1ncnc2[nH]ncc12. The lowest BCUT2D eigenvalue weighted by molar-refractivity contribution is 0.560. The van der Waals surface area contributed by atoms with E-state index in [2.05, 4.69) is 32.4 Å². The number of fused-ring (bicyclic) bond motifs is 1. The maximum Gasteiger partial charge on any atom is 0.160 e. The zero-order valence-corrected chi connectivity index (χ0v) is 13.8. The molecule has 5 heteroatoms. The summed E-state index contributed by atoms with van der Waals surface area (Å²) >= 11 is 0. The van der Waals surface area contributed by atoms with Gasteiger partial charge in [0.25, 0.3) is 0 Å². The quantitative estimate of drug-likeness (QED) is 0.558. The molecule has 0 unspecified atom stereocenters. The number of unbranched alkanes of at least 4 members (excludes halogenated alkanes) is 9. The van der Waals surface area contributed by atoms with Crippen LogP contribution >= 0.6 is 0 Å². The molecule has 0 aliphatic rings. The van der Waals surface area contributed by atoms with Crippen molar-refractivity contribution < 1.29 is 0 Å². The second kappa shape index (κ2) is 10.1. The van der Waals surface area contributed by atoms with Crippen molar-refractivity contribution in [2.45, 2.75) is 71.1 Å². The first-order valence-corrected chi connectivity index (χ1v) is 8.79. The van der Waals surface area contributed by atoms with Crippen molar-refractivity contribution in [3.63, 3.8) is 0 Å². The van der Waals surface area contributed by atoms with E-state index in [9.17, 15) is 0 Å². The molecule has 22 heavy (non-hydrogen) atoms. The summed E-state index contributed by atoms with van der Waals surface area (Å²) in [7, 11) is 0. The highest BCUT2D eigenvalue weighted by Crippen LogP contribution is 2.16. The monoisotopic (exact) mass is 303 g/mol. The topological polar surface area (TPSA) is 66.5 Å². The predicted molar refractivity (Wildman–Crippen MR) is 92.0 cm³/mol. The third kappa shape index (κ3) is 5.62. The molecule has 2 aromatic rings. The fourth-order valence-corrected chi connectivity index (χ4v) is 2.73. The Morgan fingerprint density at radius 2 is 1.59 bits per heavy atom. The standard InChI is InChI=1S/C17H29N5/c1-2-3-4-5-6-7-8-9-10-11-12-18-16-15-13-21-22-17(15)20-14-19-16/h13-14H,2-12H2,1H3,(H2,18,19,20,21,22). The van der Waals surface area contributed by atoms with Crippen LogP contribution in [0.5, 0.6) is 0 Å². The van der Waals surface area contributed by atoms with E-state index in [4.69, 9.17) is 0 Å². The number of nitrogens with one attached hydrogen (secondary N) is 2. The second-order valence-corrected chi connectivity index (χ2v) is 5.96. The number of aromatic amines is 1. The van der Waals surface area contributed by atoms with Crippen LogP contribution in [0.4, 0.5) is 5.82 Å². The summed E-state index contributed by atoms with van der Waals surface area (Å²) in [5.41, 5.74) is 0.792. The van der Waals surface area contributed by atoms with Crippen LogP contribution in [0, 0.1) is 0 Å². The first kappa shape index (κ1) is 16.7. The Morgan fingerprint density at radius 1 is 0.909 bits per heavy atom. The first-order chi connectivity index (χ1) is 10.9. The summed E-state index contributed by atoms with van der Waals surface area (Å²) in [6.45, 7) is 3.24. The fourth-order valence-electron chi connectivity index (χ4n) is 2.73. The molecule has 0 saturated heterocycles. The Balaban J connectivity index is 1.49. The molecular weight excluding hydrogens is 274 g/mol. The molecule has 2 aromatic heterocycles. The largest absolute Gasteiger partial charge is 0.369 e. The predicted octanol–water partition coefficient (Wildman–Crippen LogP) is 4.69. The van der Waals surface area contributed by atoms with Gasteiger partial charge in [0.05, 0.1) is 11.6 Å². The molecule has 0 amide bonds. The number of rotatable bonds is 12. The van der Waals surface area contributed by atoms with E-state index in [-0.39, 0.29) is 0 Å². The van der Waals surface area contributed by atoms with Gasteiger partial charge in [0.15, 0.2) is 5.65 Å². The number of hydrogen-bond donors (Lipinski definition) is 2. The molecule has 0 fully saturated rings. The van der Waals surface area contributed by atoms with Gasteiger partial charge in [-0.15, -0.1) is 0 Å². The summed E-state index contributed by atoms with van der Waals surface area (Å²) in [6, 6.07) is 0. The van der Waals surface area contributed by atoms with Gasteiger partial charge in [-0.1, -0.05) is 64.7 Å². The molecule has 2 rings (SSSR count). The van der Waals surface area contributed by atoms with Crippen molar-refractivity contribution in [1.82, 2.24) is 20.2 Å². The minimum absolute atomic E-state index is 0.792. The van der Waals surface area contributed by atoms with Gasteiger partial charge in [0.2, 0.25) is 0 Å². The normalized spacial score (nSPS) is 11.1. The van der Waals surface area contributed by atoms with Gasteiger partial charge in [0.1, 0.15) is 12.1 Å². The smallest absolute Gasteiger partial charge is 0.160 e. The Bertz CT molecular complexity index is 522. The van der Waals surface area contributed by atoms with Crippen LogP contribution in [-0.2, 0) is 0 Å². The van der Waals surface area contributed by atoms with Crippen molar-refractivity contribution in [3.8, 4) is 0 Å². The molecule has 0 bridgehead atoms. The van der Waals surface area contributed by atoms with Crippen molar-refractivity contribution in [1.29, 1.82) is 0 Å². The van der Waals surface area contributed by atoms with Crippen molar-refractivity contribution in [3.05, 3.63) is 12.5 Å². The Labute approximate surface area is 133 Å². The summed E-state index contributed by atoms with van der Waals surface area (Å²) in [6.07, 6.45) is 17.0. The summed E-state index contributed by atoms with van der Waals surface area (Å²) in [5, 5.41) is 11.2. The van der Waals surface area contributed by atoms with E-state index in [1.807, 2.05) is 0 Å². The third-order valence-electron chi connectivity index (χ3n) is 4.07. The van der Waals surface area contributed by atoms with Gasteiger partial charge in [0, 0.05) is 6.54 Å². The zero-order valence-electron chi connectivity index (χ0n) is 13.8. The highest BCUT2D eigenvalue weighted by atomic mass is 15.2. The first-order valence-electron chi connectivity index (χ1n) is 8.79. The van der Waals surface area contributed by atoms with Gasteiger partial charge in [-0.3, -0.25) is 5.10 Å². The summed E-state index contributed by atoms with van der Waals surface area (Å²) in [5.74, 6) is 0.884. The maximum atomic E-state index is 4.28. The van der Waals surface area contributed by atoms with E-state index in [0.29, 0.717) is 0 Å². The molecular formula is C17H29N5. The van der Waals surface area contributed by atoms with Gasteiger partial charge >= 0.3 is 0 Å². The molecule has 0 radical (unpaired) electrons. The molecule has 0 saturated carbocycles. The van der Waals surface area contributed by atoms with E-state index < -0.39 is 0 Å². The van der Waals surface area contributed by atoms with Crippen LogP contribution in [0.1, 0.15) is 71.1 Å². The summed E-state index contributed by atoms with van der Waals surface area (Å²) < 4.78 is 0. The van der Waals surface area contributed by atoms with E-state index >= 15 is 0 Å². The third-order valence-corrected chi connectivity index (χ3v) is 4.07. The average Bonchev–Trinajstić information content (AvgIpc) is 3.02. The number of anilines is 1. The van der Waals surface area contributed by atoms with Gasteiger partial charge in [-0.25, -0.2) is 9.97 Å². The van der Waals surface area contributed by atoms with Crippen LogP contribution in [-0.4, -0.2) is 26.7 Å². The molecule has 2 N–H and O–H groups in total. The highest BCUT2D eigenvalue weighted by molar-refractivity contribution is 5.85. The molecule has 0 atom stereocenters. The molecule has 5 nitrogen and oxygen atoms in total. The summed E-state index contributed by atoms with van der Waals surface area (Å²) in [4.78, 5) is 8.42. The number of hydrogen-bond acceptors (Lipinski definition) is 4. The molecule has 122 valence electrons. The van der Waals surface area contributed by atoms with Crippen LogP contribution in [0.2, 0.25) is 0 Å². The fraction of sp³-hybridized carbons (Fsp3) is 0.706. The number of aromatic nitrogens is 4. The lowest BCUT2D eigenvalue weighted by Gasteiger charge is -2.06. The van der Waals surface area contributed by atoms with Gasteiger partial charge < -0.3 is 5.32 Å². The molecule has 0 aliphatic carbocycles. The van der Waals surface area contributed by atoms with Crippen molar-refractivity contribution >= 4 is 16.9 Å². The van der Waals surface area contributed by atoms with Crippen molar-refractivity contribution in [2.24, 2.45) is 0 Å². The van der Waals surface area contributed by atoms with Gasteiger partial charge in [-0.05, 0) is 6.42 Å². The Morgan fingerprint density at radius 3 is 2.32 bits per heavy atom. The maximum absolute atomic E-state index is 4.28. The zero-order chi connectivity index (χ0) is 15.5. The van der Waals surface area contributed by atoms with Crippen LogP contribution in [0.25, 0.3) is 11.0 Å². The van der Waals surface area contributed by atoms with Crippen LogP contribution < -0.4 is 5.32 Å². The molecule has 2 heterocycles. The van der Waals surface area contributed by atoms with E-state index in [1.165, 1.54) is 64.2 Å². The highest BCUT2D eigenvalue weighted by Gasteiger charge is 2.03. The van der Waals surface area contributed by atoms with Crippen LogP contribution in [0.15, 0.2) is 12.5 Å². The Hall–Kier alpha value is -1.65. The number of nitrogens with zero attached hydrogens (tertiary/aromatic N) is 3. The Kier molecular flexibility index (Phi) is 7.70. The average molecular weight is 303 g/mol. The second-order valence-electron chi connectivity index (χ2n) is 5.96. The lowest BCUT2D eigenvalue weighted by Crippen LogP contribution is -2.03. The minimum Gasteiger partial charge on any atom is -0.369 e. The molecule has 0 aromatic carbocycles. The molecule has 0 spiro atoms. The number of H-pyrrole nitrogens is 1. The lowest BCUT2D eigenvalue weighted by atomic mass is 10.1. The van der Waals surface area contributed by atoms with Crippen molar-refractivity contribution in [2.75, 3.05) is 11.9 Å². The van der Waals surface area contributed by atoms with Gasteiger partial charge in [-0.2, -0.15) is 5.10 Å². The van der Waals surface area contributed by atoms with E-state index in [1.54, 1.807) is 12.5 Å². The molecule has 0 aliphatic heterocycles.